The average molecular weight is 396 g/mol. The van der Waals surface area contributed by atoms with Gasteiger partial charge in [-0.15, -0.1) is 0 Å². The van der Waals surface area contributed by atoms with Gasteiger partial charge in [-0.2, -0.15) is 0 Å². The molecule has 0 aliphatic carbocycles. The van der Waals surface area contributed by atoms with Gasteiger partial charge in [-0.3, -0.25) is 4.90 Å². The van der Waals surface area contributed by atoms with Gasteiger partial charge in [0.2, 0.25) is 0 Å². The van der Waals surface area contributed by atoms with Crippen LogP contribution in [0.2, 0.25) is 5.02 Å². The highest BCUT2D eigenvalue weighted by Crippen LogP contribution is 2.24. The molecule has 1 aromatic rings. The van der Waals surface area contributed by atoms with Gasteiger partial charge in [0, 0.05) is 37.7 Å². The van der Waals surface area contributed by atoms with Gasteiger partial charge in [0.25, 0.3) is 0 Å². The standard InChI is InChI=1S/C19H26ClN3O4/c1-26-18(24)16-3-2-15(20)12-17(16)21-19(25)23-6-4-14(5-7-23)13-22-8-10-27-11-9-22/h2-3,12,14H,4-11,13H2,1H3,(H,21,25). The van der Waals surface area contributed by atoms with E-state index >= 15 is 0 Å². The third-order valence-electron chi connectivity index (χ3n) is 5.15. The van der Waals surface area contributed by atoms with Crippen LogP contribution in [0.15, 0.2) is 18.2 Å². The lowest BCUT2D eigenvalue weighted by Gasteiger charge is -2.36. The van der Waals surface area contributed by atoms with Crippen LogP contribution < -0.4 is 5.32 Å². The SMILES string of the molecule is COC(=O)c1ccc(Cl)cc1NC(=O)N1CCC(CN2CCOCC2)CC1. The molecule has 8 heteroatoms. The number of benzene rings is 1. The molecular weight excluding hydrogens is 370 g/mol. The van der Waals surface area contributed by atoms with E-state index in [2.05, 4.69) is 10.2 Å². The predicted octanol–water partition coefficient (Wildman–Crippen LogP) is 2.70. The molecular formula is C19H26ClN3O4. The molecule has 0 bridgehead atoms. The van der Waals surface area contributed by atoms with Crippen molar-refractivity contribution >= 4 is 29.3 Å². The summed E-state index contributed by atoms with van der Waals surface area (Å²) in [6.07, 6.45) is 1.95. The summed E-state index contributed by atoms with van der Waals surface area (Å²) in [6.45, 7) is 6.08. The Hall–Kier alpha value is -1.83. The number of nitrogens with zero attached hydrogens (tertiary/aromatic N) is 2. The Balaban J connectivity index is 1.54. The van der Waals surface area contributed by atoms with Crippen molar-refractivity contribution in [2.45, 2.75) is 12.8 Å². The Morgan fingerprint density at radius 3 is 2.59 bits per heavy atom. The smallest absolute Gasteiger partial charge is 0.339 e. The minimum Gasteiger partial charge on any atom is -0.465 e. The fourth-order valence-corrected chi connectivity index (χ4v) is 3.74. The molecule has 0 spiro atoms. The number of carbonyl (C=O) groups excluding carboxylic acids is 2. The molecule has 2 heterocycles. The number of piperidine rings is 1. The summed E-state index contributed by atoms with van der Waals surface area (Å²) in [4.78, 5) is 28.8. The van der Waals surface area contributed by atoms with Crippen LogP contribution in [-0.2, 0) is 9.47 Å². The van der Waals surface area contributed by atoms with Gasteiger partial charge >= 0.3 is 12.0 Å². The van der Waals surface area contributed by atoms with Crippen LogP contribution in [0.3, 0.4) is 0 Å². The maximum absolute atomic E-state index is 12.6. The van der Waals surface area contributed by atoms with E-state index in [1.165, 1.54) is 7.11 Å². The van der Waals surface area contributed by atoms with Crippen LogP contribution in [0, 0.1) is 5.92 Å². The van der Waals surface area contributed by atoms with Crippen molar-refractivity contribution in [1.82, 2.24) is 9.80 Å². The van der Waals surface area contributed by atoms with Gasteiger partial charge < -0.3 is 19.7 Å². The molecule has 2 amide bonds. The van der Waals surface area contributed by atoms with E-state index in [1.807, 2.05) is 0 Å². The van der Waals surface area contributed by atoms with Crippen LogP contribution in [0.4, 0.5) is 10.5 Å². The van der Waals surface area contributed by atoms with Gasteiger partial charge in [-0.1, -0.05) is 11.6 Å². The van der Waals surface area contributed by atoms with Crippen molar-refractivity contribution in [3.05, 3.63) is 28.8 Å². The number of amides is 2. The van der Waals surface area contributed by atoms with Gasteiger partial charge in [-0.05, 0) is 37.0 Å². The molecule has 0 radical (unpaired) electrons. The zero-order valence-corrected chi connectivity index (χ0v) is 16.3. The normalized spacial score (nSPS) is 19.0. The number of hydrogen-bond donors (Lipinski definition) is 1. The fraction of sp³-hybridized carbons (Fsp3) is 0.579. The van der Waals surface area contributed by atoms with Gasteiger partial charge in [-0.25, -0.2) is 9.59 Å². The lowest BCUT2D eigenvalue weighted by molar-refractivity contribution is 0.0260. The molecule has 1 aromatic carbocycles. The van der Waals surface area contributed by atoms with Crippen molar-refractivity contribution in [2.24, 2.45) is 5.92 Å². The quantitative estimate of drug-likeness (QED) is 0.794. The van der Waals surface area contributed by atoms with E-state index in [9.17, 15) is 9.59 Å². The maximum Gasteiger partial charge on any atom is 0.339 e. The molecule has 148 valence electrons. The number of urea groups is 1. The summed E-state index contributed by atoms with van der Waals surface area (Å²) in [5, 5.41) is 3.25. The molecule has 27 heavy (non-hydrogen) atoms. The number of ether oxygens (including phenoxy) is 2. The Morgan fingerprint density at radius 2 is 1.93 bits per heavy atom. The van der Waals surface area contributed by atoms with Gasteiger partial charge in [0.05, 0.1) is 31.6 Å². The molecule has 3 rings (SSSR count). The van der Waals surface area contributed by atoms with Gasteiger partial charge in [0.15, 0.2) is 0 Å². The average Bonchev–Trinajstić information content (AvgIpc) is 2.69. The number of hydrogen-bond acceptors (Lipinski definition) is 5. The Morgan fingerprint density at radius 1 is 1.22 bits per heavy atom. The topological polar surface area (TPSA) is 71.1 Å². The zero-order chi connectivity index (χ0) is 19.2. The van der Waals surface area contributed by atoms with Crippen molar-refractivity contribution < 1.29 is 19.1 Å². The predicted molar refractivity (Wildman–Crippen MR) is 103 cm³/mol. The number of methoxy groups -OCH3 is 1. The van der Waals surface area contributed by atoms with Crippen LogP contribution in [0.25, 0.3) is 0 Å². The second-order valence-corrected chi connectivity index (χ2v) is 7.39. The molecule has 1 N–H and O–H groups in total. The van der Waals surface area contributed by atoms with Crippen molar-refractivity contribution in [2.75, 3.05) is 58.4 Å². The second-order valence-electron chi connectivity index (χ2n) is 6.96. The van der Waals surface area contributed by atoms with E-state index in [-0.39, 0.29) is 11.6 Å². The number of carbonyl (C=O) groups is 2. The lowest BCUT2D eigenvalue weighted by Crippen LogP contribution is -2.45. The molecule has 0 atom stereocenters. The first kappa shape index (κ1) is 19.9. The molecule has 7 nitrogen and oxygen atoms in total. The van der Waals surface area contributed by atoms with E-state index in [0.29, 0.717) is 29.7 Å². The summed E-state index contributed by atoms with van der Waals surface area (Å²) in [5.41, 5.74) is 0.659. The van der Waals surface area contributed by atoms with Gasteiger partial charge in [0.1, 0.15) is 0 Å². The summed E-state index contributed by atoms with van der Waals surface area (Å²) >= 11 is 6.02. The molecule has 2 aliphatic rings. The summed E-state index contributed by atoms with van der Waals surface area (Å²) in [5.74, 6) is 0.0927. The largest absolute Gasteiger partial charge is 0.465 e. The lowest BCUT2D eigenvalue weighted by atomic mass is 9.96. The summed E-state index contributed by atoms with van der Waals surface area (Å²) in [7, 11) is 1.31. The number of halogens is 1. The summed E-state index contributed by atoms with van der Waals surface area (Å²) in [6, 6.07) is 4.50. The van der Waals surface area contributed by atoms with Crippen LogP contribution in [0.1, 0.15) is 23.2 Å². The Kier molecular flexibility index (Phi) is 6.93. The minimum absolute atomic E-state index is 0.216. The van der Waals surface area contributed by atoms with Crippen molar-refractivity contribution in [1.29, 1.82) is 0 Å². The number of anilines is 1. The van der Waals surface area contributed by atoms with E-state index in [1.54, 1.807) is 23.1 Å². The molecule has 0 unspecified atom stereocenters. The third-order valence-corrected chi connectivity index (χ3v) is 5.39. The molecule has 0 aromatic heterocycles. The van der Waals surface area contributed by atoms with Crippen LogP contribution >= 0.6 is 11.6 Å². The molecule has 2 aliphatic heterocycles. The number of likely N-dealkylation sites (tertiary alicyclic amines) is 1. The van der Waals surface area contributed by atoms with E-state index < -0.39 is 5.97 Å². The molecule has 2 fully saturated rings. The Labute approximate surface area is 164 Å². The van der Waals surface area contributed by atoms with E-state index in [0.717, 1.165) is 45.7 Å². The van der Waals surface area contributed by atoms with Crippen LogP contribution in [0.5, 0.6) is 0 Å². The molecule has 0 saturated carbocycles. The number of esters is 1. The number of rotatable bonds is 4. The first-order valence-electron chi connectivity index (χ1n) is 9.30. The highest BCUT2D eigenvalue weighted by Gasteiger charge is 2.26. The Bertz CT molecular complexity index is 671. The fourth-order valence-electron chi connectivity index (χ4n) is 3.57. The van der Waals surface area contributed by atoms with Crippen molar-refractivity contribution in [3.8, 4) is 0 Å². The highest BCUT2D eigenvalue weighted by atomic mass is 35.5. The molecule has 2 saturated heterocycles. The van der Waals surface area contributed by atoms with Crippen LogP contribution in [-0.4, -0.2) is 74.8 Å². The third kappa shape index (κ3) is 5.34. The maximum atomic E-state index is 12.6. The van der Waals surface area contributed by atoms with Crippen molar-refractivity contribution in [3.63, 3.8) is 0 Å². The number of morpholine rings is 1. The second kappa shape index (κ2) is 9.39. The summed E-state index contributed by atoms with van der Waals surface area (Å²) < 4.78 is 10.2. The highest BCUT2D eigenvalue weighted by molar-refractivity contribution is 6.31. The van der Waals surface area contributed by atoms with E-state index in [4.69, 9.17) is 21.1 Å². The first-order valence-corrected chi connectivity index (χ1v) is 9.68. The zero-order valence-electron chi connectivity index (χ0n) is 15.6. The minimum atomic E-state index is -0.508. The first-order chi connectivity index (χ1) is 13.1. The number of nitrogens with one attached hydrogen (secondary N) is 1. The monoisotopic (exact) mass is 395 g/mol.